The average molecular weight is 207 g/mol. The number of hydrogen-bond donors (Lipinski definition) is 1. The summed E-state index contributed by atoms with van der Waals surface area (Å²) >= 11 is 0. The van der Waals surface area contributed by atoms with Crippen molar-refractivity contribution in [2.45, 2.75) is 26.4 Å². The van der Waals surface area contributed by atoms with Gasteiger partial charge in [0.2, 0.25) is 0 Å². The van der Waals surface area contributed by atoms with Crippen molar-refractivity contribution in [3.05, 3.63) is 30.3 Å². The van der Waals surface area contributed by atoms with Crippen molar-refractivity contribution in [3.8, 4) is 5.75 Å². The van der Waals surface area contributed by atoms with E-state index in [1.165, 1.54) is 0 Å². The number of benzene rings is 1. The third kappa shape index (κ3) is 4.02. The van der Waals surface area contributed by atoms with Crippen molar-refractivity contribution in [2.75, 3.05) is 6.54 Å². The number of para-hydroxylation sites is 1. The molecule has 1 aromatic carbocycles. The minimum absolute atomic E-state index is 0.0688. The molecule has 0 radical (unpaired) electrons. The highest BCUT2D eigenvalue weighted by Gasteiger charge is 2.12. The van der Waals surface area contributed by atoms with Crippen LogP contribution in [-0.4, -0.2) is 18.6 Å². The van der Waals surface area contributed by atoms with E-state index in [2.05, 4.69) is 5.32 Å². The Bertz CT molecular complexity index is 298. The van der Waals surface area contributed by atoms with E-state index in [0.717, 1.165) is 12.2 Å². The van der Waals surface area contributed by atoms with E-state index in [-0.39, 0.29) is 5.91 Å². The molecule has 0 spiro atoms. The molecular formula is C12H17NO2. The van der Waals surface area contributed by atoms with Gasteiger partial charge in [-0.05, 0) is 25.5 Å². The fourth-order valence-electron chi connectivity index (χ4n) is 1.15. The molecule has 82 valence electrons. The molecule has 0 aromatic heterocycles. The van der Waals surface area contributed by atoms with Crippen LogP contribution in [0.15, 0.2) is 30.3 Å². The number of rotatable bonds is 5. The molecule has 3 nitrogen and oxygen atoms in total. The minimum atomic E-state index is -0.445. The van der Waals surface area contributed by atoms with Crippen LogP contribution in [-0.2, 0) is 4.79 Å². The monoisotopic (exact) mass is 207 g/mol. The molecule has 1 atom stereocenters. The Morgan fingerprint density at radius 2 is 2.07 bits per heavy atom. The van der Waals surface area contributed by atoms with Gasteiger partial charge in [0.1, 0.15) is 5.75 Å². The predicted octanol–water partition coefficient (Wildman–Crippen LogP) is 1.98. The molecule has 0 aliphatic heterocycles. The molecule has 0 aliphatic rings. The van der Waals surface area contributed by atoms with Gasteiger partial charge in [-0.1, -0.05) is 25.1 Å². The van der Waals surface area contributed by atoms with Crippen LogP contribution in [0.3, 0.4) is 0 Å². The van der Waals surface area contributed by atoms with Crippen molar-refractivity contribution in [1.82, 2.24) is 5.32 Å². The molecule has 1 amide bonds. The zero-order chi connectivity index (χ0) is 11.1. The Balaban J connectivity index is 2.41. The standard InChI is InChI=1S/C12H17NO2/c1-3-9-13-12(14)10(2)15-11-7-5-4-6-8-11/h4-8,10H,3,9H2,1-2H3,(H,13,14)/t10-/m0/s1. The van der Waals surface area contributed by atoms with Gasteiger partial charge < -0.3 is 10.1 Å². The van der Waals surface area contributed by atoms with Gasteiger partial charge in [-0.3, -0.25) is 4.79 Å². The van der Waals surface area contributed by atoms with Crippen molar-refractivity contribution in [3.63, 3.8) is 0 Å². The Labute approximate surface area is 90.4 Å². The maximum Gasteiger partial charge on any atom is 0.260 e. The van der Waals surface area contributed by atoms with E-state index in [1.807, 2.05) is 37.3 Å². The van der Waals surface area contributed by atoms with Crippen molar-refractivity contribution in [1.29, 1.82) is 0 Å². The lowest BCUT2D eigenvalue weighted by Crippen LogP contribution is -2.36. The second-order valence-electron chi connectivity index (χ2n) is 3.36. The van der Waals surface area contributed by atoms with Crippen LogP contribution in [0, 0.1) is 0 Å². The summed E-state index contributed by atoms with van der Waals surface area (Å²) in [6.45, 7) is 4.46. The lowest BCUT2D eigenvalue weighted by Gasteiger charge is -2.14. The summed E-state index contributed by atoms with van der Waals surface area (Å²) in [4.78, 5) is 11.5. The highest BCUT2D eigenvalue weighted by atomic mass is 16.5. The number of amides is 1. The Hall–Kier alpha value is -1.51. The van der Waals surface area contributed by atoms with Gasteiger partial charge in [0.15, 0.2) is 6.10 Å². The summed E-state index contributed by atoms with van der Waals surface area (Å²) in [5.41, 5.74) is 0. The SMILES string of the molecule is CCCNC(=O)[C@H](C)Oc1ccccc1. The molecule has 1 N–H and O–H groups in total. The van der Waals surface area contributed by atoms with E-state index < -0.39 is 6.10 Å². The molecule has 0 saturated heterocycles. The number of carbonyl (C=O) groups is 1. The first-order valence-corrected chi connectivity index (χ1v) is 5.23. The normalized spacial score (nSPS) is 11.9. The van der Waals surface area contributed by atoms with Crippen LogP contribution in [0.25, 0.3) is 0 Å². The van der Waals surface area contributed by atoms with E-state index in [0.29, 0.717) is 6.54 Å². The Morgan fingerprint density at radius 3 is 2.67 bits per heavy atom. The number of hydrogen-bond acceptors (Lipinski definition) is 2. The van der Waals surface area contributed by atoms with Crippen LogP contribution in [0.2, 0.25) is 0 Å². The molecule has 0 saturated carbocycles. The Kier molecular flexibility index (Phi) is 4.68. The summed E-state index contributed by atoms with van der Waals surface area (Å²) < 4.78 is 5.46. The van der Waals surface area contributed by atoms with Crippen LogP contribution in [0.1, 0.15) is 20.3 Å². The predicted molar refractivity (Wildman–Crippen MR) is 59.8 cm³/mol. The zero-order valence-corrected chi connectivity index (χ0v) is 9.19. The summed E-state index contributed by atoms with van der Waals surface area (Å²) in [6.07, 6.45) is 0.489. The largest absolute Gasteiger partial charge is 0.481 e. The van der Waals surface area contributed by atoms with E-state index in [1.54, 1.807) is 6.92 Å². The fourth-order valence-corrected chi connectivity index (χ4v) is 1.15. The molecule has 15 heavy (non-hydrogen) atoms. The van der Waals surface area contributed by atoms with Crippen LogP contribution in [0.4, 0.5) is 0 Å². The van der Waals surface area contributed by atoms with E-state index in [9.17, 15) is 4.79 Å². The lowest BCUT2D eigenvalue weighted by atomic mass is 10.3. The van der Waals surface area contributed by atoms with Crippen LogP contribution >= 0.6 is 0 Å². The van der Waals surface area contributed by atoms with Gasteiger partial charge in [0.25, 0.3) is 5.91 Å². The number of ether oxygens (including phenoxy) is 1. The molecule has 0 fully saturated rings. The van der Waals surface area contributed by atoms with E-state index in [4.69, 9.17) is 4.74 Å². The van der Waals surface area contributed by atoms with Gasteiger partial charge in [-0.15, -0.1) is 0 Å². The second-order valence-corrected chi connectivity index (χ2v) is 3.36. The highest BCUT2D eigenvalue weighted by molar-refractivity contribution is 5.80. The topological polar surface area (TPSA) is 38.3 Å². The third-order valence-electron chi connectivity index (χ3n) is 1.97. The minimum Gasteiger partial charge on any atom is -0.481 e. The first kappa shape index (κ1) is 11.6. The van der Waals surface area contributed by atoms with Gasteiger partial charge in [-0.2, -0.15) is 0 Å². The fraction of sp³-hybridized carbons (Fsp3) is 0.417. The lowest BCUT2D eigenvalue weighted by molar-refractivity contribution is -0.127. The molecule has 1 rings (SSSR count). The van der Waals surface area contributed by atoms with Gasteiger partial charge in [0.05, 0.1) is 0 Å². The van der Waals surface area contributed by atoms with Crippen molar-refractivity contribution in [2.24, 2.45) is 0 Å². The molecule has 3 heteroatoms. The van der Waals surface area contributed by atoms with Crippen LogP contribution < -0.4 is 10.1 Å². The molecule has 0 bridgehead atoms. The summed E-state index contributed by atoms with van der Waals surface area (Å²) in [5, 5.41) is 2.79. The molecule has 0 aliphatic carbocycles. The molecule has 0 unspecified atom stereocenters. The average Bonchev–Trinajstić information content (AvgIpc) is 2.27. The van der Waals surface area contributed by atoms with Gasteiger partial charge in [0, 0.05) is 6.54 Å². The maximum absolute atomic E-state index is 11.5. The smallest absolute Gasteiger partial charge is 0.260 e. The summed E-state index contributed by atoms with van der Waals surface area (Å²) in [5.74, 6) is 0.650. The van der Waals surface area contributed by atoms with Crippen molar-refractivity contribution < 1.29 is 9.53 Å². The maximum atomic E-state index is 11.5. The van der Waals surface area contributed by atoms with Crippen LogP contribution in [0.5, 0.6) is 5.75 Å². The first-order valence-electron chi connectivity index (χ1n) is 5.23. The summed E-state index contributed by atoms with van der Waals surface area (Å²) in [7, 11) is 0. The molecular weight excluding hydrogens is 190 g/mol. The quantitative estimate of drug-likeness (QED) is 0.801. The van der Waals surface area contributed by atoms with Crippen molar-refractivity contribution >= 4 is 5.91 Å². The summed E-state index contributed by atoms with van der Waals surface area (Å²) in [6, 6.07) is 9.35. The highest BCUT2D eigenvalue weighted by Crippen LogP contribution is 2.10. The first-order chi connectivity index (χ1) is 7.24. The van der Waals surface area contributed by atoms with E-state index >= 15 is 0 Å². The Morgan fingerprint density at radius 1 is 1.40 bits per heavy atom. The zero-order valence-electron chi connectivity index (χ0n) is 9.19. The molecule has 0 heterocycles. The van der Waals surface area contributed by atoms with Gasteiger partial charge in [-0.25, -0.2) is 0 Å². The second kappa shape index (κ2) is 6.06. The number of nitrogens with one attached hydrogen (secondary N) is 1. The third-order valence-corrected chi connectivity index (χ3v) is 1.97. The molecule has 1 aromatic rings. The van der Waals surface area contributed by atoms with Gasteiger partial charge >= 0.3 is 0 Å². The number of carbonyl (C=O) groups excluding carboxylic acids is 1.